The number of ether oxygens (including phenoxy) is 1. The third-order valence-electron chi connectivity index (χ3n) is 1.73. The molecule has 4 heteroatoms. The molecule has 0 bridgehead atoms. The molecule has 1 rings (SSSR count). The average molecular weight is 199 g/mol. The van der Waals surface area contributed by atoms with Gasteiger partial charge in [-0.25, -0.2) is 5.90 Å². The molecule has 0 spiro atoms. The second-order valence-corrected chi connectivity index (χ2v) is 3.37. The van der Waals surface area contributed by atoms with Gasteiger partial charge in [-0.3, -0.25) is 4.84 Å². The minimum Gasteiger partial charge on any atom is -0.496 e. The van der Waals surface area contributed by atoms with Gasteiger partial charge in [0.05, 0.1) is 13.7 Å². The van der Waals surface area contributed by atoms with Crippen molar-refractivity contribution in [2.75, 3.05) is 13.4 Å². The fourth-order valence-electron chi connectivity index (χ4n) is 1.08. The quantitative estimate of drug-likeness (QED) is 0.593. The van der Waals surface area contributed by atoms with Gasteiger partial charge in [0.25, 0.3) is 0 Å². The predicted octanol–water partition coefficient (Wildman–Crippen LogP) is 1.81. The van der Waals surface area contributed by atoms with E-state index in [9.17, 15) is 0 Å². The lowest BCUT2D eigenvalue weighted by atomic mass is 10.2. The first-order valence-corrected chi connectivity index (χ1v) is 5.07. The molecule has 0 aromatic heterocycles. The summed E-state index contributed by atoms with van der Waals surface area (Å²) >= 11 is 1.68. The molecule has 13 heavy (non-hydrogen) atoms. The Morgan fingerprint density at radius 2 is 2.23 bits per heavy atom. The van der Waals surface area contributed by atoms with Crippen LogP contribution in [0.4, 0.5) is 0 Å². The molecule has 0 radical (unpaired) electrons. The van der Waals surface area contributed by atoms with Gasteiger partial charge in [0.2, 0.25) is 0 Å². The number of methoxy groups -OCH3 is 1. The molecule has 1 aromatic carbocycles. The van der Waals surface area contributed by atoms with Crippen LogP contribution in [-0.4, -0.2) is 13.4 Å². The standard InChI is InChI=1S/C9H13NO2S/c1-11-9-4-3-8(13-2)5-7(9)6-12-10/h3-5H,6,10H2,1-2H3. The van der Waals surface area contributed by atoms with Crippen LogP contribution in [0.2, 0.25) is 0 Å². The lowest BCUT2D eigenvalue weighted by Crippen LogP contribution is -2.01. The summed E-state index contributed by atoms with van der Waals surface area (Å²) in [5.74, 6) is 5.82. The van der Waals surface area contributed by atoms with Crippen LogP contribution in [0, 0.1) is 0 Å². The summed E-state index contributed by atoms with van der Waals surface area (Å²) in [7, 11) is 1.63. The molecule has 0 aliphatic carbocycles. The van der Waals surface area contributed by atoms with Crippen molar-refractivity contribution in [3.63, 3.8) is 0 Å². The minimum atomic E-state index is 0.373. The van der Waals surface area contributed by atoms with Gasteiger partial charge in [-0.15, -0.1) is 11.8 Å². The Kier molecular flexibility index (Phi) is 4.08. The first-order chi connectivity index (χ1) is 6.31. The van der Waals surface area contributed by atoms with Gasteiger partial charge in [0.1, 0.15) is 5.75 Å². The van der Waals surface area contributed by atoms with Crippen LogP contribution in [0.1, 0.15) is 5.56 Å². The van der Waals surface area contributed by atoms with Gasteiger partial charge in [0.15, 0.2) is 0 Å². The molecule has 0 unspecified atom stereocenters. The second-order valence-electron chi connectivity index (χ2n) is 2.49. The van der Waals surface area contributed by atoms with Crippen molar-refractivity contribution < 1.29 is 9.57 Å². The molecule has 0 aliphatic heterocycles. The maximum Gasteiger partial charge on any atom is 0.124 e. The highest BCUT2D eigenvalue weighted by molar-refractivity contribution is 7.98. The molecule has 0 atom stereocenters. The van der Waals surface area contributed by atoms with E-state index < -0.39 is 0 Å². The first kappa shape index (κ1) is 10.4. The summed E-state index contributed by atoms with van der Waals surface area (Å²) < 4.78 is 5.15. The lowest BCUT2D eigenvalue weighted by Gasteiger charge is -2.08. The van der Waals surface area contributed by atoms with Crippen LogP contribution < -0.4 is 10.6 Å². The second kappa shape index (κ2) is 5.11. The topological polar surface area (TPSA) is 44.5 Å². The van der Waals surface area contributed by atoms with E-state index in [0.29, 0.717) is 6.61 Å². The molecule has 3 nitrogen and oxygen atoms in total. The third kappa shape index (κ3) is 2.62. The lowest BCUT2D eigenvalue weighted by molar-refractivity contribution is 0.122. The van der Waals surface area contributed by atoms with Crippen LogP contribution in [0.3, 0.4) is 0 Å². The number of rotatable bonds is 4. The van der Waals surface area contributed by atoms with Crippen molar-refractivity contribution >= 4 is 11.8 Å². The summed E-state index contributed by atoms with van der Waals surface area (Å²) in [6.45, 7) is 0.373. The molecule has 0 fully saturated rings. The van der Waals surface area contributed by atoms with Gasteiger partial charge < -0.3 is 4.74 Å². The number of nitrogens with two attached hydrogens (primary N) is 1. The average Bonchev–Trinajstić information content (AvgIpc) is 2.18. The van der Waals surface area contributed by atoms with E-state index in [1.54, 1.807) is 18.9 Å². The van der Waals surface area contributed by atoms with Crippen molar-refractivity contribution in [2.24, 2.45) is 5.90 Å². The zero-order valence-electron chi connectivity index (χ0n) is 7.74. The maximum atomic E-state index is 5.15. The van der Waals surface area contributed by atoms with E-state index in [1.807, 2.05) is 24.5 Å². The molecule has 1 aromatic rings. The zero-order valence-corrected chi connectivity index (χ0v) is 8.56. The predicted molar refractivity (Wildman–Crippen MR) is 53.8 cm³/mol. The Hall–Kier alpha value is -0.710. The smallest absolute Gasteiger partial charge is 0.124 e. The van der Waals surface area contributed by atoms with Crippen molar-refractivity contribution in [3.8, 4) is 5.75 Å². The minimum absolute atomic E-state index is 0.373. The molecule has 0 heterocycles. The number of hydrogen-bond acceptors (Lipinski definition) is 4. The highest BCUT2D eigenvalue weighted by Crippen LogP contribution is 2.24. The van der Waals surface area contributed by atoms with Gasteiger partial charge in [0, 0.05) is 10.5 Å². The van der Waals surface area contributed by atoms with E-state index in [0.717, 1.165) is 11.3 Å². The van der Waals surface area contributed by atoms with E-state index in [-0.39, 0.29) is 0 Å². The first-order valence-electron chi connectivity index (χ1n) is 3.84. The monoisotopic (exact) mass is 199 g/mol. The Balaban J connectivity index is 2.95. The molecular weight excluding hydrogens is 186 g/mol. The van der Waals surface area contributed by atoms with E-state index >= 15 is 0 Å². The van der Waals surface area contributed by atoms with E-state index in [1.165, 1.54) is 4.90 Å². The molecule has 72 valence electrons. The third-order valence-corrected chi connectivity index (χ3v) is 2.45. The fourth-order valence-corrected chi connectivity index (χ4v) is 1.55. The van der Waals surface area contributed by atoms with E-state index in [2.05, 4.69) is 4.84 Å². The van der Waals surface area contributed by atoms with Crippen molar-refractivity contribution in [3.05, 3.63) is 23.8 Å². The SMILES string of the molecule is COc1ccc(SC)cc1CON. The largest absolute Gasteiger partial charge is 0.496 e. The molecular formula is C9H13NO2S. The molecule has 2 N–H and O–H groups in total. The molecule has 0 saturated carbocycles. The van der Waals surface area contributed by atoms with Crippen molar-refractivity contribution in [2.45, 2.75) is 11.5 Å². The Bertz CT molecular complexity index is 278. The summed E-state index contributed by atoms with van der Waals surface area (Å²) in [5.41, 5.74) is 0.969. The van der Waals surface area contributed by atoms with Crippen LogP contribution in [-0.2, 0) is 11.4 Å². The van der Waals surface area contributed by atoms with Gasteiger partial charge in [-0.1, -0.05) is 0 Å². The summed E-state index contributed by atoms with van der Waals surface area (Å²) in [6.07, 6.45) is 2.02. The summed E-state index contributed by atoms with van der Waals surface area (Å²) in [5, 5.41) is 0. The Morgan fingerprint density at radius 1 is 1.46 bits per heavy atom. The molecule has 0 aliphatic rings. The van der Waals surface area contributed by atoms with Crippen LogP contribution >= 0.6 is 11.8 Å². The summed E-state index contributed by atoms with van der Waals surface area (Å²) in [6, 6.07) is 5.93. The number of benzene rings is 1. The summed E-state index contributed by atoms with van der Waals surface area (Å²) in [4.78, 5) is 5.75. The van der Waals surface area contributed by atoms with Gasteiger partial charge in [-0.05, 0) is 24.5 Å². The van der Waals surface area contributed by atoms with Crippen molar-refractivity contribution in [1.29, 1.82) is 0 Å². The zero-order chi connectivity index (χ0) is 9.68. The number of hydrogen-bond donors (Lipinski definition) is 1. The highest BCUT2D eigenvalue weighted by atomic mass is 32.2. The Labute approximate surface area is 82.2 Å². The Morgan fingerprint density at radius 3 is 2.77 bits per heavy atom. The fraction of sp³-hybridized carbons (Fsp3) is 0.333. The van der Waals surface area contributed by atoms with Crippen LogP contribution in [0.5, 0.6) is 5.75 Å². The van der Waals surface area contributed by atoms with Crippen molar-refractivity contribution in [1.82, 2.24) is 0 Å². The van der Waals surface area contributed by atoms with Crippen LogP contribution in [0.25, 0.3) is 0 Å². The normalized spacial score (nSPS) is 10.1. The van der Waals surface area contributed by atoms with Gasteiger partial charge >= 0.3 is 0 Å². The maximum absolute atomic E-state index is 5.15. The van der Waals surface area contributed by atoms with E-state index in [4.69, 9.17) is 10.6 Å². The van der Waals surface area contributed by atoms with Crippen LogP contribution in [0.15, 0.2) is 23.1 Å². The molecule has 0 saturated heterocycles. The number of thioether (sulfide) groups is 1. The highest BCUT2D eigenvalue weighted by Gasteiger charge is 2.03. The molecule has 0 amide bonds. The van der Waals surface area contributed by atoms with Gasteiger partial charge in [-0.2, -0.15) is 0 Å².